The Hall–Kier alpha value is -2.86. The Kier molecular flexibility index (Phi) is 4.11. The lowest BCUT2D eigenvalue weighted by Gasteiger charge is -2.34. The van der Waals surface area contributed by atoms with Gasteiger partial charge >= 0.3 is 0 Å². The minimum atomic E-state index is 0.0553. The maximum Gasteiger partial charge on any atom is 0.254 e. The standard InChI is InChI=1S/C19H21N5O/c20-16-5-3-4-15(12-16)19(25)23-10-8-22(9-11-23)13-17-14-24-7-2-1-6-18(24)21-17/h1-7,12,14H,8-11,13,20H2. The zero-order valence-electron chi connectivity index (χ0n) is 14.0. The second kappa shape index (κ2) is 6.57. The number of aromatic nitrogens is 2. The van der Waals surface area contributed by atoms with Crippen LogP contribution >= 0.6 is 0 Å². The van der Waals surface area contributed by atoms with Crippen molar-refractivity contribution in [2.45, 2.75) is 6.54 Å². The number of amides is 1. The first-order valence-electron chi connectivity index (χ1n) is 8.49. The van der Waals surface area contributed by atoms with E-state index in [1.165, 1.54) is 0 Å². The van der Waals surface area contributed by atoms with Gasteiger partial charge in [0.05, 0.1) is 5.69 Å². The number of fused-ring (bicyclic) bond motifs is 1. The van der Waals surface area contributed by atoms with E-state index in [1.807, 2.05) is 45.8 Å². The van der Waals surface area contributed by atoms with Crippen LogP contribution in [0.15, 0.2) is 54.9 Å². The van der Waals surface area contributed by atoms with Crippen LogP contribution in [0.5, 0.6) is 0 Å². The van der Waals surface area contributed by atoms with Gasteiger partial charge in [0.2, 0.25) is 0 Å². The fourth-order valence-corrected chi connectivity index (χ4v) is 3.26. The Morgan fingerprint density at radius 1 is 1.08 bits per heavy atom. The number of nitrogens with zero attached hydrogens (tertiary/aromatic N) is 4. The number of benzene rings is 1. The molecule has 3 aromatic rings. The Labute approximate surface area is 146 Å². The molecule has 2 aromatic heterocycles. The Morgan fingerprint density at radius 2 is 1.92 bits per heavy atom. The number of pyridine rings is 1. The predicted molar refractivity (Wildman–Crippen MR) is 97.2 cm³/mol. The topological polar surface area (TPSA) is 66.9 Å². The molecule has 0 atom stereocenters. The SMILES string of the molecule is Nc1cccc(C(=O)N2CCN(Cc3cn4ccccc4n3)CC2)c1. The lowest BCUT2D eigenvalue weighted by atomic mass is 10.1. The summed E-state index contributed by atoms with van der Waals surface area (Å²) in [7, 11) is 0. The van der Waals surface area contributed by atoms with Crippen molar-refractivity contribution in [3.8, 4) is 0 Å². The van der Waals surface area contributed by atoms with E-state index in [-0.39, 0.29) is 5.91 Å². The zero-order valence-corrected chi connectivity index (χ0v) is 14.0. The number of hydrogen-bond acceptors (Lipinski definition) is 4. The van der Waals surface area contributed by atoms with Crippen LogP contribution in [0, 0.1) is 0 Å². The fraction of sp³-hybridized carbons (Fsp3) is 0.263. The van der Waals surface area contributed by atoms with Crippen molar-refractivity contribution in [1.29, 1.82) is 0 Å². The van der Waals surface area contributed by atoms with Crippen molar-refractivity contribution in [3.63, 3.8) is 0 Å². The van der Waals surface area contributed by atoms with E-state index in [4.69, 9.17) is 5.73 Å². The summed E-state index contributed by atoms with van der Waals surface area (Å²) in [4.78, 5) is 21.5. The predicted octanol–water partition coefficient (Wildman–Crippen LogP) is 1.87. The summed E-state index contributed by atoms with van der Waals surface area (Å²) in [5.41, 5.74) is 9.08. The molecular formula is C19H21N5O. The molecule has 1 amide bonds. The molecule has 0 aliphatic carbocycles. The Balaban J connectivity index is 1.37. The summed E-state index contributed by atoms with van der Waals surface area (Å²) < 4.78 is 2.04. The Bertz CT molecular complexity index is 862. The van der Waals surface area contributed by atoms with Crippen molar-refractivity contribution in [3.05, 3.63) is 66.1 Å². The van der Waals surface area contributed by atoms with Crippen LogP contribution in [0.4, 0.5) is 5.69 Å². The first kappa shape index (κ1) is 15.7. The van der Waals surface area contributed by atoms with E-state index in [0.717, 1.165) is 44.1 Å². The largest absolute Gasteiger partial charge is 0.399 e. The third kappa shape index (κ3) is 3.34. The molecule has 1 saturated heterocycles. The first-order valence-corrected chi connectivity index (χ1v) is 8.49. The second-order valence-electron chi connectivity index (χ2n) is 6.39. The molecule has 6 heteroatoms. The number of carbonyl (C=O) groups excluding carboxylic acids is 1. The van der Waals surface area contributed by atoms with E-state index < -0.39 is 0 Å². The third-order valence-corrected chi connectivity index (χ3v) is 4.59. The van der Waals surface area contributed by atoms with E-state index in [0.29, 0.717) is 11.3 Å². The summed E-state index contributed by atoms with van der Waals surface area (Å²) in [6.45, 7) is 3.95. The number of hydrogen-bond donors (Lipinski definition) is 1. The van der Waals surface area contributed by atoms with E-state index in [2.05, 4.69) is 16.1 Å². The van der Waals surface area contributed by atoms with Crippen molar-refractivity contribution in [1.82, 2.24) is 19.2 Å². The monoisotopic (exact) mass is 335 g/mol. The smallest absolute Gasteiger partial charge is 0.254 e. The van der Waals surface area contributed by atoms with Gasteiger partial charge in [-0.1, -0.05) is 12.1 Å². The molecule has 0 saturated carbocycles. The van der Waals surface area contributed by atoms with Crippen LogP contribution in [0.2, 0.25) is 0 Å². The van der Waals surface area contributed by atoms with Gasteiger partial charge in [0.1, 0.15) is 5.65 Å². The van der Waals surface area contributed by atoms with Crippen LogP contribution in [0.1, 0.15) is 16.1 Å². The molecule has 1 aliphatic heterocycles. The number of imidazole rings is 1. The first-order chi connectivity index (χ1) is 12.2. The molecule has 6 nitrogen and oxygen atoms in total. The highest BCUT2D eigenvalue weighted by atomic mass is 16.2. The molecule has 128 valence electrons. The molecule has 3 heterocycles. The summed E-state index contributed by atoms with van der Waals surface area (Å²) in [5.74, 6) is 0.0553. The average Bonchev–Trinajstić information content (AvgIpc) is 3.04. The number of anilines is 1. The van der Waals surface area contributed by atoms with Gasteiger partial charge in [0.25, 0.3) is 5.91 Å². The van der Waals surface area contributed by atoms with Crippen LogP contribution in [-0.4, -0.2) is 51.3 Å². The van der Waals surface area contributed by atoms with Crippen LogP contribution in [-0.2, 0) is 6.54 Å². The lowest BCUT2D eigenvalue weighted by molar-refractivity contribution is 0.0627. The third-order valence-electron chi connectivity index (χ3n) is 4.59. The van der Waals surface area contributed by atoms with Crippen molar-refractivity contribution >= 4 is 17.2 Å². The van der Waals surface area contributed by atoms with Crippen LogP contribution in [0.3, 0.4) is 0 Å². The molecule has 2 N–H and O–H groups in total. The summed E-state index contributed by atoms with van der Waals surface area (Å²) in [6.07, 6.45) is 4.08. The fourth-order valence-electron chi connectivity index (χ4n) is 3.26. The van der Waals surface area contributed by atoms with Gasteiger partial charge < -0.3 is 15.0 Å². The van der Waals surface area contributed by atoms with Crippen LogP contribution in [0.25, 0.3) is 5.65 Å². The van der Waals surface area contributed by atoms with E-state index in [9.17, 15) is 4.79 Å². The Morgan fingerprint density at radius 3 is 2.68 bits per heavy atom. The summed E-state index contributed by atoms with van der Waals surface area (Å²) in [5, 5.41) is 0. The van der Waals surface area contributed by atoms with Crippen LogP contribution < -0.4 is 5.73 Å². The van der Waals surface area contributed by atoms with Gasteiger partial charge in [0.15, 0.2) is 0 Å². The zero-order chi connectivity index (χ0) is 17.2. The normalized spacial score (nSPS) is 15.6. The molecule has 0 radical (unpaired) electrons. The van der Waals surface area contributed by atoms with Crippen molar-refractivity contribution in [2.24, 2.45) is 0 Å². The number of carbonyl (C=O) groups is 1. The molecule has 1 fully saturated rings. The molecule has 1 aliphatic rings. The van der Waals surface area contributed by atoms with Crippen molar-refractivity contribution in [2.75, 3.05) is 31.9 Å². The molecule has 1 aromatic carbocycles. The van der Waals surface area contributed by atoms with Crippen molar-refractivity contribution < 1.29 is 4.79 Å². The van der Waals surface area contributed by atoms with E-state index >= 15 is 0 Å². The highest BCUT2D eigenvalue weighted by Crippen LogP contribution is 2.14. The molecule has 4 rings (SSSR count). The van der Waals surface area contributed by atoms with E-state index in [1.54, 1.807) is 12.1 Å². The highest BCUT2D eigenvalue weighted by Gasteiger charge is 2.22. The van der Waals surface area contributed by atoms with Gasteiger partial charge in [-0.25, -0.2) is 4.98 Å². The van der Waals surface area contributed by atoms with Gasteiger partial charge in [-0.3, -0.25) is 9.69 Å². The molecule has 25 heavy (non-hydrogen) atoms. The van der Waals surface area contributed by atoms with Gasteiger partial charge in [-0.15, -0.1) is 0 Å². The minimum absolute atomic E-state index is 0.0553. The molecule has 0 bridgehead atoms. The maximum absolute atomic E-state index is 12.6. The molecular weight excluding hydrogens is 314 g/mol. The maximum atomic E-state index is 12.6. The minimum Gasteiger partial charge on any atom is -0.399 e. The number of nitrogen functional groups attached to an aromatic ring is 1. The summed E-state index contributed by atoms with van der Waals surface area (Å²) >= 11 is 0. The average molecular weight is 335 g/mol. The highest BCUT2D eigenvalue weighted by molar-refractivity contribution is 5.95. The molecule has 0 unspecified atom stereocenters. The lowest BCUT2D eigenvalue weighted by Crippen LogP contribution is -2.48. The van der Waals surface area contributed by atoms with Gasteiger partial charge in [0, 0.05) is 56.4 Å². The quantitative estimate of drug-likeness (QED) is 0.742. The van der Waals surface area contributed by atoms with Gasteiger partial charge in [-0.05, 0) is 30.3 Å². The summed E-state index contributed by atoms with van der Waals surface area (Å²) in [6, 6.07) is 13.2. The number of piperazine rings is 1. The number of nitrogens with two attached hydrogens (primary N) is 1. The second-order valence-corrected chi connectivity index (χ2v) is 6.39. The van der Waals surface area contributed by atoms with Gasteiger partial charge in [-0.2, -0.15) is 0 Å². The number of rotatable bonds is 3. The molecule has 0 spiro atoms.